The van der Waals surface area contributed by atoms with Gasteiger partial charge in [-0.25, -0.2) is 18.4 Å². The van der Waals surface area contributed by atoms with Crippen LogP contribution in [0.5, 0.6) is 11.5 Å². The molecule has 3 aromatic rings. The summed E-state index contributed by atoms with van der Waals surface area (Å²) in [5, 5.41) is 16.5. The van der Waals surface area contributed by atoms with Gasteiger partial charge in [-0.15, -0.1) is 0 Å². The Kier molecular flexibility index (Phi) is 14.6. The van der Waals surface area contributed by atoms with Gasteiger partial charge >= 0.3 is 6.09 Å². The summed E-state index contributed by atoms with van der Waals surface area (Å²) < 4.78 is 63.7. The molecule has 2 aliphatic heterocycles. The van der Waals surface area contributed by atoms with Crippen LogP contribution in [0.1, 0.15) is 60.8 Å². The first kappa shape index (κ1) is 43.7. The average Bonchev–Trinajstić information content (AvgIpc) is 4.05. The summed E-state index contributed by atoms with van der Waals surface area (Å²) in [5.74, 6) is -1.24. The predicted octanol–water partition coefficient (Wildman–Crippen LogP) is 6.60. The molecular weight excluding hydrogens is 800 g/mol. The van der Waals surface area contributed by atoms with Crippen molar-refractivity contribution in [2.75, 3.05) is 51.6 Å². The maximum atomic E-state index is 15.4. The van der Waals surface area contributed by atoms with Crippen LogP contribution in [0.4, 0.5) is 13.6 Å². The number of piperidine rings is 1. The van der Waals surface area contributed by atoms with E-state index >= 15 is 4.79 Å². The smallest absolute Gasteiger partial charge is 0.410 e. The zero-order valence-electron chi connectivity index (χ0n) is 32.7. The number of halogens is 3. The van der Waals surface area contributed by atoms with Crippen molar-refractivity contribution < 1.29 is 56.8 Å². The zero-order valence-corrected chi connectivity index (χ0v) is 34.3. The standard InChI is InChI=1S/C41H50ClF2N3O10S/c1-26-29(7-4-8-35(26)53-3)23-45(30-13-14-30)39(48)41(2)32(28-11-9-27(10-12-28)6-5-17-55-38-34(44)16-15-33(43)37(38)42)22-31-24-58(52)25-36(41)46(31)40(49)56-20-18-54-19-21-57-47(50)51/h4,7-12,15-16,30-32,36,50-51H,5-6,13-14,17-25H2,1-3H3. The molecule has 2 N–H and O–H groups in total. The first-order chi connectivity index (χ1) is 27.8. The maximum absolute atomic E-state index is 15.4. The molecule has 2 bridgehead atoms. The predicted molar refractivity (Wildman–Crippen MR) is 209 cm³/mol. The number of fused-ring (bicyclic) bond motifs is 2. The lowest BCUT2D eigenvalue weighted by Crippen LogP contribution is -2.70. The SMILES string of the molecule is COc1cccc(CN(C(=O)C2(C)C(c3ccc(CCCOc4c(F)ccc(F)c4Cl)cc3)CC3CS(=O)CC2N3C(=O)OCCOCCON(O)O)C2CC2)c1C. The quantitative estimate of drug-likeness (QED) is 0.0811. The molecule has 0 aromatic heterocycles. The molecule has 13 nitrogen and oxygen atoms in total. The summed E-state index contributed by atoms with van der Waals surface area (Å²) in [5.41, 5.74) is 2.55. The van der Waals surface area contributed by atoms with E-state index in [1.165, 1.54) is 0 Å². The third-order valence-electron chi connectivity index (χ3n) is 11.4. The molecule has 2 saturated heterocycles. The Bertz CT molecular complexity index is 1940. The van der Waals surface area contributed by atoms with Crippen LogP contribution in [0.15, 0.2) is 54.6 Å². The number of ether oxygens (including phenoxy) is 4. The van der Waals surface area contributed by atoms with E-state index in [-0.39, 0.29) is 68.2 Å². The number of aryl methyl sites for hydroxylation is 1. The van der Waals surface area contributed by atoms with Gasteiger partial charge in [0, 0.05) is 46.9 Å². The lowest BCUT2D eigenvalue weighted by molar-refractivity contribution is -0.493. The number of hydrogen-bond acceptors (Lipinski definition) is 11. The van der Waals surface area contributed by atoms with E-state index in [4.69, 9.17) is 41.0 Å². The number of methoxy groups -OCH3 is 1. The molecule has 58 heavy (non-hydrogen) atoms. The fourth-order valence-corrected chi connectivity index (χ4v) is 10.1. The number of amides is 2. The van der Waals surface area contributed by atoms with Gasteiger partial charge in [-0.05, 0) is 86.4 Å². The van der Waals surface area contributed by atoms with Crippen LogP contribution in [0.2, 0.25) is 5.02 Å². The van der Waals surface area contributed by atoms with E-state index in [2.05, 4.69) is 4.84 Å². The molecule has 5 atom stereocenters. The van der Waals surface area contributed by atoms with E-state index in [1.54, 1.807) is 12.0 Å². The highest BCUT2D eigenvalue weighted by Gasteiger charge is 2.61. The van der Waals surface area contributed by atoms with Crippen LogP contribution < -0.4 is 9.47 Å². The van der Waals surface area contributed by atoms with Crippen molar-refractivity contribution in [3.8, 4) is 11.5 Å². The molecule has 2 amide bonds. The Morgan fingerprint density at radius 2 is 1.71 bits per heavy atom. The number of benzene rings is 3. The maximum Gasteiger partial charge on any atom is 0.410 e. The summed E-state index contributed by atoms with van der Waals surface area (Å²) in [7, 11) is 0.311. The number of carbonyl (C=O) groups is 2. The van der Waals surface area contributed by atoms with Gasteiger partial charge in [0.2, 0.25) is 5.91 Å². The monoisotopic (exact) mass is 849 g/mol. The lowest BCUT2D eigenvalue weighted by atomic mass is 9.62. The second kappa shape index (κ2) is 19.4. The number of carbonyl (C=O) groups excluding carboxylic acids is 2. The second-order valence-corrected chi connectivity index (χ2v) is 16.9. The minimum absolute atomic E-state index is 0.00740. The van der Waals surface area contributed by atoms with Gasteiger partial charge in [0.05, 0.1) is 50.4 Å². The lowest BCUT2D eigenvalue weighted by Gasteiger charge is -2.57. The molecule has 1 saturated carbocycles. The van der Waals surface area contributed by atoms with Gasteiger partial charge in [0.15, 0.2) is 11.6 Å². The highest BCUT2D eigenvalue weighted by atomic mass is 35.5. The molecule has 5 unspecified atom stereocenters. The Hall–Kier alpha value is -3.90. The first-order valence-corrected chi connectivity index (χ1v) is 21.2. The van der Waals surface area contributed by atoms with Gasteiger partial charge < -0.3 is 23.8 Å². The summed E-state index contributed by atoms with van der Waals surface area (Å²) in [6, 6.07) is 14.4. The van der Waals surface area contributed by atoms with E-state index in [1.807, 2.05) is 61.2 Å². The van der Waals surface area contributed by atoms with E-state index in [0.29, 0.717) is 25.8 Å². The Morgan fingerprint density at radius 1 is 0.983 bits per heavy atom. The summed E-state index contributed by atoms with van der Waals surface area (Å²) in [4.78, 5) is 37.4. The van der Waals surface area contributed by atoms with Crippen LogP contribution in [0, 0.1) is 24.0 Å². The van der Waals surface area contributed by atoms with Crippen molar-refractivity contribution in [2.45, 2.75) is 76.5 Å². The van der Waals surface area contributed by atoms with E-state index in [9.17, 15) is 17.8 Å². The first-order valence-electron chi connectivity index (χ1n) is 19.3. The van der Waals surface area contributed by atoms with Crippen LogP contribution in [-0.2, 0) is 42.9 Å². The van der Waals surface area contributed by atoms with Crippen molar-refractivity contribution in [3.63, 3.8) is 0 Å². The summed E-state index contributed by atoms with van der Waals surface area (Å²) in [6.07, 6.45) is 2.51. The van der Waals surface area contributed by atoms with Crippen molar-refractivity contribution >= 4 is 34.4 Å². The molecule has 6 rings (SSSR count). The molecule has 316 valence electrons. The normalized spacial score (nSPS) is 22.8. The minimum Gasteiger partial charge on any atom is -0.496 e. The van der Waals surface area contributed by atoms with Crippen LogP contribution in [-0.4, -0.2) is 112 Å². The molecule has 3 fully saturated rings. The summed E-state index contributed by atoms with van der Waals surface area (Å²) >= 11 is 5.91. The van der Waals surface area contributed by atoms with Gasteiger partial charge in [-0.3, -0.25) is 24.3 Å². The van der Waals surface area contributed by atoms with Gasteiger partial charge in [-0.1, -0.05) is 48.0 Å². The average molecular weight is 850 g/mol. The minimum atomic E-state index is -1.30. The van der Waals surface area contributed by atoms with Crippen molar-refractivity contribution in [2.24, 2.45) is 5.41 Å². The van der Waals surface area contributed by atoms with Crippen LogP contribution in [0.3, 0.4) is 0 Å². The van der Waals surface area contributed by atoms with E-state index < -0.39 is 56.4 Å². The topological polar surface area (TPSA) is 148 Å². The highest BCUT2D eigenvalue weighted by Crippen LogP contribution is 2.53. The molecule has 3 aromatic carbocycles. The van der Waals surface area contributed by atoms with E-state index in [0.717, 1.165) is 53.0 Å². The molecule has 2 heterocycles. The van der Waals surface area contributed by atoms with Gasteiger partial charge in [0.1, 0.15) is 23.2 Å². The number of nitrogens with zero attached hydrogens (tertiary/aromatic N) is 3. The molecular formula is C41H50ClF2N3O10S. The summed E-state index contributed by atoms with van der Waals surface area (Å²) in [6.45, 7) is 4.10. The highest BCUT2D eigenvalue weighted by molar-refractivity contribution is 7.85. The van der Waals surface area contributed by atoms with Gasteiger partial charge in [-0.2, -0.15) is 0 Å². The van der Waals surface area contributed by atoms with Gasteiger partial charge in [0.25, 0.3) is 0 Å². The van der Waals surface area contributed by atoms with Crippen LogP contribution in [0.25, 0.3) is 0 Å². The molecule has 0 spiro atoms. The molecule has 0 radical (unpaired) electrons. The number of rotatable bonds is 18. The zero-order chi connectivity index (χ0) is 41.6. The van der Waals surface area contributed by atoms with Crippen LogP contribution >= 0.6 is 11.6 Å². The number of hydrogen-bond donors (Lipinski definition) is 2. The van der Waals surface area contributed by atoms with Crippen molar-refractivity contribution in [3.05, 3.63) is 93.5 Å². The Balaban J connectivity index is 1.24. The third kappa shape index (κ3) is 9.92. The van der Waals surface area contributed by atoms with Crippen molar-refractivity contribution in [1.29, 1.82) is 0 Å². The Morgan fingerprint density at radius 3 is 2.41 bits per heavy atom. The second-order valence-electron chi connectivity index (χ2n) is 15.0. The fourth-order valence-electron chi connectivity index (χ4n) is 8.17. The largest absolute Gasteiger partial charge is 0.496 e. The molecule has 1 aliphatic carbocycles. The third-order valence-corrected chi connectivity index (χ3v) is 13.2. The van der Waals surface area contributed by atoms with Crippen molar-refractivity contribution in [1.82, 2.24) is 15.2 Å². The fraction of sp³-hybridized carbons (Fsp3) is 0.512. The molecule has 3 aliphatic rings. The Labute approximate surface area is 344 Å². The molecule has 17 heteroatoms.